The van der Waals surface area contributed by atoms with Gasteiger partial charge in [-0.15, -0.1) is 0 Å². The van der Waals surface area contributed by atoms with E-state index in [0.717, 1.165) is 33.4 Å². The summed E-state index contributed by atoms with van der Waals surface area (Å²) in [6, 6.07) is 0. The highest BCUT2D eigenvalue weighted by atomic mass is 19.3. The number of hydrogen-bond donors (Lipinski definition) is 0. The van der Waals surface area contributed by atoms with Crippen molar-refractivity contribution in [1.82, 2.24) is 0 Å². The third-order valence-corrected chi connectivity index (χ3v) is 7.37. The van der Waals surface area contributed by atoms with Crippen LogP contribution in [0.1, 0.15) is 60.8 Å². The number of halogens is 3. The molecule has 0 N–H and O–H groups in total. The van der Waals surface area contributed by atoms with Crippen LogP contribution in [0.15, 0.2) is 50.6 Å². The van der Waals surface area contributed by atoms with Crippen LogP contribution in [0, 0.1) is 11.8 Å². The number of alkyl halides is 3. The van der Waals surface area contributed by atoms with Crippen LogP contribution in [0.3, 0.4) is 0 Å². The van der Waals surface area contributed by atoms with E-state index in [0.29, 0.717) is 13.0 Å². The van der Waals surface area contributed by atoms with Crippen LogP contribution in [-0.2, 0) is 0 Å². The lowest BCUT2D eigenvalue weighted by Gasteiger charge is -2.45. The number of allylic oxidation sites excluding steroid dienone is 6. The maximum atomic E-state index is 14.6. The first-order valence-electron chi connectivity index (χ1n) is 10.4. The van der Waals surface area contributed by atoms with Gasteiger partial charge in [0.15, 0.2) is 0 Å². The van der Waals surface area contributed by atoms with Crippen LogP contribution < -0.4 is 0 Å². The molecule has 0 aromatic carbocycles. The molecule has 0 saturated heterocycles. The van der Waals surface area contributed by atoms with Crippen molar-refractivity contribution in [1.29, 1.82) is 0 Å². The second-order valence-electron chi connectivity index (χ2n) is 9.63. The summed E-state index contributed by atoms with van der Waals surface area (Å²) in [5, 5.41) is -0.638. The molecule has 1 fully saturated rings. The smallest absolute Gasteiger partial charge is 0.248 e. The molecule has 156 valence electrons. The van der Waals surface area contributed by atoms with Gasteiger partial charge in [0.2, 0.25) is 5.92 Å². The number of rotatable bonds is 5. The molecule has 1 nitrogen and oxygen atoms in total. The third-order valence-electron chi connectivity index (χ3n) is 7.37. The van der Waals surface area contributed by atoms with Crippen molar-refractivity contribution in [2.45, 2.75) is 77.7 Å². The lowest BCUT2D eigenvalue weighted by Crippen LogP contribution is -2.41. The predicted octanol–water partition coefficient (Wildman–Crippen LogP) is 6.74. The Morgan fingerprint density at radius 3 is 2.48 bits per heavy atom. The largest absolute Gasteiger partial charge is 0.288 e. The van der Waals surface area contributed by atoms with Gasteiger partial charge in [-0.3, -0.25) is 4.99 Å². The van der Waals surface area contributed by atoms with Gasteiger partial charge >= 0.3 is 0 Å². The quantitative estimate of drug-likeness (QED) is 0.453. The van der Waals surface area contributed by atoms with Gasteiger partial charge in [0, 0.05) is 25.0 Å². The zero-order chi connectivity index (χ0) is 21.8. The molecule has 2 aliphatic carbocycles. The van der Waals surface area contributed by atoms with Gasteiger partial charge in [0.05, 0.1) is 14.4 Å². The van der Waals surface area contributed by atoms with Gasteiger partial charge < -0.3 is 0 Å². The van der Waals surface area contributed by atoms with Crippen LogP contribution in [0.2, 0.25) is 5.31 Å². The van der Waals surface area contributed by atoms with Crippen molar-refractivity contribution >= 4 is 14.1 Å². The van der Waals surface area contributed by atoms with Gasteiger partial charge in [0.1, 0.15) is 5.67 Å². The summed E-state index contributed by atoms with van der Waals surface area (Å²) in [6.45, 7) is 11.9. The molecular formula is C24H31BF3N. The summed E-state index contributed by atoms with van der Waals surface area (Å²) in [4.78, 5) is 4.57. The molecule has 0 spiro atoms. The summed E-state index contributed by atoms with van der Waals surface area (Å²) in [6.07, 6.45) is 6.30. The van der Waals surface area contributed by atoms with Crippen molar-refractivity contribution in [3.8, 4) is 0 Å². The van der Waals surface area contributed by atoms with E-state index in [1.807, 2.05) is 40.8 Å². The third kappa shape index (κ3) is 4.07. The molecule has 1 saturated carbocycles. The van der Waals surface area contributed by atoms with Crippen molar-refractivity contribution < 1.29 is 13.2 Å². The Morgan fingerprint density at radius 1 is 1.31 bits per heavy atom. The minimum atomic E-state index is -2.55. The minimum absolute atomic E-state index is 0.120. The molecule has 3 unspecified atom stereocenters. The van der Waals surface area contributed by atoms with E-state index < -0.39 is 16.9 Å². The van der Waals surface area contributed by atoms with Crippen LogP contribution in [0.5, 0.6) is 0 Å². The fraction of sp³-hybridized carbons (Fsp3) is 0.625. The lowest BCUT2D eigenvalue weighted by molar-refractivity contribution is -0.120. The van der Waals surface area contributed by atoms with Crippen molar-refractivity contribution in [3.63, 3.8) is 0 Å². The number of nitrogens with zero attached hydrogens (tertiary/aromatic N) is 1. The highest BCUT2D eigenvalue weighted by Crippen LogP contribution is 2.55. The highest BCUT2D eigenvalue weighted by Gasteiger charge is 2.50. The molecule has 3 rings (SSSR count). The second-order valence-corrected chi connectivity index (χ2v) is 9.63. The highest BCUT2D eigenvalue weighted by molar-refractivity contribution is 6.15. The van der Waals surface area contributed by atoms with Gasteiger partial charge in [-0.2, -0.15) is 0 Å². The first-order valence-corrected chi connectivity index (χ1v) is 10.4. The fourth-order valence-electron chi connectivity index (χ4n) is 4.66. The Labute approximate surface area is 174 Å². The summed E-state index contributed by atoms with van der Waals surface area (Å²) in [5.41, 5.74) is 4.83. The van der Waals surface area contributed by atoms with Crippen LogP contribution in [-0.4, -0.2) is 32.2 Å². The molecule has 1 heterocycles. The Hall–Kier alpha value is -1.52. The second kappa shape index (κ2) is 7.32. The van der Waals surface area contributed by atoms with Crippen molar-refractivity contribution in [3.05, 3.63) is 45.6 Å². The van der Waals surface area contributed by atoms with Crippen LogP contribution >= 0.6 is 0 Å². The van der Waals surface area contributed by atoms with E-state index in [4.69, 9.17) is 7.85 Å². The number of hydrogen-bond acceptors (Lipinski definition) is 1. The predicted molar refractivity (Wildman–Crippen MR) is 116 cm³/mol. The zero-order valence-electron chi connectivity index (χ0n) is 18.4. The van der Waals surface area contributed by atoms with E-state index in [2.05, 4.69) is 17.1 Å². The van der Waals surface area contributed by atoms with E-state index in [1.54, 1.807) is 6.92 Å². The van der Waals surface area contributed by atoms with E-state index in [-0.39, 0.29) is 24.7 Å². The summed E-state index contributed by atoms with van der Waals surface area (Å²) in [5.74, 6) is -2.85. The Bertz CT molecular complexity index is 847. The van der Waals surface area contributed by atoms with Crippen molar-refractivity contribution in [2.75, 3.05) is 6.54 Å². The molecule has 5 heteroatoms. The first-order chi connectivity index (χ1) is 13.3. The molecule has 0 bridgehead atoms. The maximum Gasteiger partial charge on any atom is 0.248 e. The minimum Gasteiger partial charge on any atom is -0.288 e. The topological polar surface area (TPSA) is 12.4 Å². The normalized spacial score (nSPS) is 32.4. The average Bonchev–Trinajstić information content (AvgIpc) is 2.79. The summed E-state index contributed by atoms with van der Waals surface area (Å²) < 4.78 is 41.0. The SMILES string of the molecule is [B]C(C)(C/C=C(/C)C1=C(C)C=C(C2=C(C)C(C)(F)C2C)C=NC1)C1CC(F)(F)C1. The van der Waals surface area contributed by atoms with E-state index in [1.165, 1.54) is 0 Å². The molecule has 0 amide bonds. The van der Waals surface area contributed by atoms with E-state index in [9.17, 15) is 13.2 Å². The monoisotopic (exact) mass is 401 g/mol. The average molecular weight is 401 g/mol. The van der Waals surface area contributed by atoms with Gasteiger partial charge in [-0.1, -0.05) is 25.2 Å². The summed E-state index contributed by atoms with van der Waals surface area (Å²) >= 11 is 0. The van der Waals surface area contributed by atoms with E-state index >= 15 is 0 Å². The zero-order valence-corrected chi connectivity index (χ0v) is 18.4. The molecule has 3 atom stereocenters. The number of aliphatic imine (C=N–C) groups is 1. The Balaban J connectivity index is 1.78. The Kier molecular flexibility index (Phi) is 5.60. The molecule has 29 heavy (non-hydrogen) atoms. The summed E-state index contributed by atoms with van der Waals surface area (Å²) in [7, 11) is 6.35. The van der Waals surface area contributed by atoms with Gasteiger partial charge in [0.25, 0.3) is 0 Å². The Morgan fingerprint density at radius 2 is 1.93 bits per heavy atom. The molecule has 2 radical (unpaired) electrons. The molecule has 3 aliphatic rings. The fourth-order valence-corrected chi connectivity index (χ4v) is 4.66. The van der Waals surface area contributed by atoms with Crippen molar-refractivity contribution in [2.24, 2.45) is 16.8 Å². The van der Waals surface area contributed by atoms with Crippen LogP contribution in [0.4, 0.5) is 13.2 Å². The molecule has 0 aromatic rings. The van der Waals surface area contributed by atoms with Gasteiger partial charge in [-0.25, -0.2) is 13.2 Å². The molecule has 0 aromatic heterocycles. The lowest BCUT2D eigenvalue weighted by atomic mass is 9.53. The van der Waals surface area contributed by atoms with Crippen LogP contribution in [0.25, 0.3) is 0 Å². The van der Waals surface area contributed by atoms with Gasteiger partial charge in [-0.05, 0) is 79.5 Å². The molecule has 1 aliphatic heterocycles. The maximum absolute atomic E-state index is 14.6. The first kappa shape index (κ1) is 22.2. The standard InChI is InChI=1S/C24H31BF3N/c1-14(7-8-22(5,25)19-10-24(27,28)11-19)20-13-29-12-18(9-15(20)2)21-16(3)23(6,26)17(21)4/h7,9,12,16,19H,8,10-11,13H2,1-6H3/b14-7-. The molecular weight excluding hydrogens is 370 g/mol.